The Morgan fingerprint density at radius 1 is 1.28 bits per heavy atom. The van der Waals surface area contributed by atoms with E-state index in [2.05, 4.69) is 10.6 Å². The molecule has 3 atom stereocenters. The highest BCUT2D eigenvalue weighted by Crippen LogP contribution is 2.43. The zero-order valence-corrected chi connectivity index (χ0v) is 10.4. The molecular formula is C12H12ClN3O2. The van der Waals surface area contributed by atoms with Crippen molar-refractivity contribution in [1.29, 1.82) is 0 Å². The molecule has 0 saturated carbocycles. The number of amides is 3. The topological polar surface area (TPSA) is 61.4 Å². The highest BCUT2D eigenvalue weighted by Gasteiger charge is 2.46. The van der Waals surface area contributed by atoms with Gasteiger partial charge >= 0.3 is 6.03 Å². The van der Waals surface area contributed by atoms with Crippen molar-refractivity contribution in [3.8, 4) is 0 Å². The van der Waals surface area contributed by atoms with Gasteiger partial charge in [0.1, 0.15) is 6.17 Å². The van der Waals surface area contributed by atoms with Crippen LogP contribution in [0.2, 0.25) is 0 Å². The van der Waals surface area contributed by atoms with Gasteiger partial charge in [0, 0.05) is 12.7 Å². The zero-order valence-electron chi connectivity index (χ0n) is 9.68. The summed E-state index contributed by atoms with van der Waals surface area (Å²) >= 11 is 6.39. The molecule has 2 N–H and O–H groups in total. The number of alkyl halides is 1. The van der Waals surface area contributed by atoms with Crippen LogP contribution in [0.1, 0.15) is 10.9 Å². The van der Waals surface area contributed by atoms with Gasteiger partial charge in [0.05, 0.1) is 11.3 Å². The lowest BCUT2D eigenvalue weighted by Crippen LogP contribution is -2.66. The SMILES string of the molecule is CN1c2ccccc2C(Cl)C2C(=O)NC(=O)NC21. The molecule has 0 spiro atoms. The van der Waals surface area contributed by atoms with Crippen LogP contribution in [-0.2, 0) is 4.79 Å². The molecule has 0 aromatic heterocycles. The summed E-state index contributed by atoms with van der Waals surface area (Å²) in [5, 5.41) is 4.56. The normalized spacial score (nSPS) is 30.1. The fourth-order valence-corrected chi connectivity index (χ4v) is 3.05. The van der Waals surface area contributed by atoms with Crippen molar-refractivity contribution in [2.24, 2.45) is 5.92 Å². The van der Waals surface area contributed by atoms with Crippen LogP contribution in [0.4, 0.5) is 10.5 Å². The molecule has 1 aromatic rings. The van der Waals surface area contributed by atoms with Gasteiger partial charge in [-0.15, -0.1) is 11.6 Å². The van der Waals surface area contributed by atoms with E-state index < -0.39 is 23.5 Å². The summed E-state index contributed by atoms with van der Waals surface area (Å²) < 4.78 is 0. The first-order valence-corrected chi connectivity index (χ1v) is 6.10. The molecular weight excluding hydrogens is 254 g/mol. The standard InChI is InChI=1S/C12H12ClN3O2/c1-16-7-5-3-2-4-6(7)9(13)8-10(16)14-12(18)15-11(8)17/h2-5,8-10H,1H3,(H2,14,15,17,18). The lowest BCUT2D eigenvalue weighted by atomic mass is 9.87. The van der Waals surface area contributed by atoms with E-state index in [0.717, 1.165) is 11.3 Å². The van der Waals surface area contributed by atoms with Crippen LogP contribution < -0.4 is 15.5 Å². The van der Waals surface area contributed by atoms with E-state index in [0.29, 0.717) is 0 Å². The molecule has 3 amide bonds. The lowest BCUT2D eigenvalue weighted by Gasteiger charge is -2.45. The Balaban J connectivity index is 2.10. The Labute approximate surface area is 109 Å². The van der Waals surface area contributed by atoms with Gasteiger partial charge in [-0.3, -0.25) is 10.1 Å². The Morgan fingerprint density at radius 2 is 2.00 bits per heavy atom. The van der Waals surface area contributed by atoms with Gasteiger partial charge in [0.2, 0.25) is 5.91 Å². The van der Waals surface area contributed by atoms with Gasteiger partial charge in [-0.05, 0) is 11.6 Å². The van der Waals surface area contributed by atoms with Crippen molar-refractivity contribution in [3.63, 3.8) is 0 Å². The number of para-hydroxylation sites is 1. The van der Waals surface area contributed by atoms with Crippen LogP contribution in [0.5, 0.6) is 0 Å². The van der Waals surface area contributed by atoms with Gasteiger partial charge in [-0.1, -0.05) is 18.2 Å². The van der Waals surface area contributed by atoms with E-state index in [1.165, 1.54) is 0 Å². The summed E-state index contributed by atoms with van der Waals surface area (Å²) in [5.41, 5.74) is 1.85. The van der Waals surface area contributed by atoms with Gasteiger partial charge in [0.15, 0.2) is 0 Å². The van der Waals surface area contributed by atoms with Crippen LogP contribution in [0.25, 0.3) is 0 Å². The second-order valence-corrected chi connectivity index (χ2v) is 4.98. The monoisotopic (exact) mass is 265 g/mol. The second-order valence-electron chi connectivity index (χ2n) is 4.50. The Hall–Kier alpha value is -1.75. The summed E-state index contributed by atoms with van der Waals surface area (Å²) in [5.74, 6) is -0.811. The molecule has 94 valence electrons. The fraction of sp³-hybridized carbons (Fsp3) is 0.333. The summed E-state index contributed by atoms with van der Waals surface area (Å²) in [4.78, 5) is 25.2. The van der Waals surface area contributed by atoms with Crippen LogP contribution in [0, 0.1) is 5.92 Å². The second kappa shape index (κ2) is 3.88. The third kappa shape index (κ3) is 1.47. The quantitative estimate of drug-likeness (QED) is 0.693. The van der Waals surface area contributed by atoms with E-state index in [1.54, 1.807) is 0 Å². The number of imide groups is 1. The van der Waals surface area contributed by atoms with Crippen molar-refractivity contribution in [1.82, 2.24) is 10.6 Å². The first-order valence-electron chi connectivity index (χ1n) is 5.67. The Bertz CT molecular complexity index is 534. The number of nitrogens with zero attached hydrogens (tertiary/aromatic N) is 1. The highest BCUT2D eigenvalue weighted by atomic mass is 35.5. The molecule has 2 heterocycles. The number of carbonyl (C=O) groups is 2. The smallest absolute Gasteiger partial charge is 0.323 e. The number of rotatable bonds is 0. The van der Waals surface area contributed by atoms with Crippen molar-refractivity contribution < 1.29 is 9.59 Å². The first-order chi connectivity index (χ1) is 8.59. The number of halogens is 1. The molecule has 3 unspecified atom stereocenters. The number of urea groups is 1. The molecule has 0 aliphatic carbocycles. The van der Waals surface area contributed by atoms with Gasteiger partial charge in [0.25, 0.3) is 0 Å². The number of hydrogen-bond acceptors (Lipinski definition) is 3. The summed E-state index contributed by atoms with van der Waals surface area (Å²) in [7, 11) is 1.85. The average Bonchev–Trinajstić information content (AvgIpc) is 2.35. The molecule has 2 aliphatic heterocycles. The van der Waals surface area contributed by atoms with Crippen molar-refractivity contribution in [3.05, 3.63) is 29.8 Å². The maximum atomic E-state index is 11.9. The number of hydrogen-bond donors (Lipinski definition) is 2. The predicted octanol–water partition coefficient (Wildman–Crippen LogP) is 1.20. The predicted molar refractivity (Wildman–Crippen MR) is 67.4 cm³/mol. The fourth-order valence-electron chi connectivity index (χ4n) is 2.61. The minimum absolute atomic E-state index is 0.329. The van der Waals surface area contributed by atoms with Crippen LogP contribution in [-0.4, -0.2) is 25.2 Å². The average molecular weight is 266 g/mol. The molecule has 1 aromatic carbocycles. The molecule has 3 rings (SSSR count). The van der Waals surface area contributed by atoms with Crippen molar-refractivity contribution in [2.45, 2.75) is 11.5 Å². The molecule has 6 heteroatoms. The molecule has 2 aliphatic rings. The van der Waals surface area contributed by atoms with Crippen LogP contribution in [0.15, 0.2) is 24.3 Å². The third-order valence-corrected chi connectivity index (χ3v) is 4.01. The van der Waals surface area contributed by atoms with E-state index in [-0.39, 0.29) is 5.91 Å². The first kappa shape index (κ1) is 11.3. The molecule has 0 bridgehead atoms. The minimum atomic E-state index is -0.482. The van der Waals surface area contributed by atoms with Gasteiger partial charge in [-0.2, -0.15) is 0 Å². The van der Waals surface area contributed by atoms with E-state index in [4.69, 9.17) is 11.6 Å². The maximum Gasteiger partial charge on any atom is 0.323 e. The lowest BCUT2D eigenvalue weighted by molar-refractivity contribution is -0.126. The molecule has 5 nitrogen and oxygen atoms in total. The largest absolute Gasteiger partial charge is 0.353 e. The number of nitrogens with one attached hydrogen (secondary N) is 2. The van der Waals surface area contributed by atoms with Crippen molar-refractivity contribution >= 4 is 29.2 Å². The van der Waals surface area contributed by atoms with Crippen LogP contribution >= 0.6 is 11.6 Å². The molecule has 1 fully saturated rings. The van der Waals surface area contributed by atoms with Crippen molar-refractivity contribution in [2.75, 3.05) is 11.9 Å². The number of benzene rings is 1. The van der Waals surface area contributed by atoms with Gasteiger partial charge in [-0.25, -0.2) is 4.79 Å². The Morgan fingerprint density at radius 3 is 2.78 bits per heavy atom. The molecule has 1 saturated heterocycles. The highest BCUT2D eigenvalue weighted by molar-refractivity contribution is 6.23. The third-order valence-electron chi connectivity index (χ3n) is 3.51. The molecule has 18 heavy (non-hydrogen) atoms. The van der Waals surface area contributed by atoms with Gasteiger partial charge < -0.3 is 10.2 Å². The number of anilines is 1. The summed E-state index contributed by atoms with van der Waals surface area (Å²) in [6.07, 6.45) is -0.399. The zero-order chi connectivity index (χ0) is 12.9. The number of carbonyl (C=O) groups excluding carboxylic acids is 2. The summed E-state index contributed by atoms with van der Waals surface area (Å²) in [6.45, 7) is 0. The van der Waals surface area contributed by atoms with E-state index in [1.807, 2.05) is 36.2 Å². The summed E-state index contributed by atoms with van der Waals surface area (Å²) in [6, 6.07) is 7.16. The minimum Gasteiger partial charge on any atom is -0.353 e. The van der Waals surface area contributed by atoms with Crippen LogP contribution in [0.3, 0.4) is 0 Å². The van der Waals surface area contributed by atoms with E-state index in [9.17, 15) is 9.59 Å². The van der Waals surface area contributed by atoms with E-state index >= 15 is 0 Å². The maximum absolute atomic E-state index is 11.9. The Kier molecular flexibility index (Phi) is 2.45. The molecule has 0 radical (unpaired) electrons. The number of fused-ring (bicyclic) bond motifs is 2.